The molecule has 0 saturated heterocycles. The molecule has 0 bridgehead atoms. The van der Waals surface area contributed by atoms with Crippen LogP contribution in [0.3, 0.4) is 0 Å². The number of ether oxygens (including phenoxy) is 3. The van der Waals surface area contributed by atoms with E-state index < -0.39 is 12.3 Å². The van der Waals surface area contributed by atoms with Crippen LogP contribution in [0.1, 0.15) is 6.92 Å². The number of amides is 2. The van der Waals surface area contributed by atoms with Crippen LogP contribution >= 0.6 is 11.6 Å². The van der Waals surface area contributed by atoms with E-state index in [1.165, 1.54) is 26.4 Å². The fraction of sp³-hybridized carbons (Fsp3) is 0.235. The number of rotatable bonds is 6. The topological polar surface area (TPSA) is 89.1 Å². The number of benzene rings is 2. The van der Waals surface area contributed by atoms with Crippen molar-refractivity contribution in [3.8, 4) is 23.0 Å². The highest BCUT2D eigenvalue weighted by Crippen LogP contribution is 2.35. The third-order valence-electron chi connectivity index (χ3n) is 3.21. The van der Waals surface area contributed by atoms with Crippen molar-refractivity contribution in [1.82, 2.24) is 5.32 Å². The zero-order valence-electron chi connectivity index (χ0n) is 14.0. The number of anilines is 1. The number of hydrogen-bond acceptors (Lipinski definition) is 5. The van der Waals surface area contributed by atoms with Crippen molar-refractivity contribution in [2.24, 2.45) is 0 Å². The van der Waals surface area contributed by atoms with Gasteiger partial charge in [0.15, 0.2) is 6.23 Å². The number of hydrogen-bond donors (Lipinski definition) is 3. The first-order valence-electron chi connectivity index (χ1n) is 7.37. The molecule has 0 fully saturated rings. The summed E-state index contributed by atoms with van der Waals surface area (Å²) in [5.41, 5.74) is 0.401. The van der Waals surface area contributed by atoms with Gasteiger partial charge >= 0.3 is 6.03 Å². The molecular weight excluding hydrogens is 348 g/mol. The predicted octanol–water partition coefficient (Wildman–Crippen LogP) is 3.61. The zero-order chi connectivity index (χ0) is 18.4. The highest BCUT2D eigenvalue weighted by Gasteiger charge is 2.14. The van der Waals surface area contributed by atoms with Gasteiger partial charge < -0.3 is 30.0 Å². The lowest BCUT2D eigenvalue weighted by Crippen LogP contribution is -2.39. The number of urea groups is 1. The largest absolute Gasteiger partial charge is 0.508 e. The maximum atomic E-state index is 12.1. The minimum absolute atomic E-state index is 0.134. The molecule has 0 radical (unpaired) electrons. The summed E-state index contributed by atoms with van der Waals surface area (Å²) in [5.74, 6) is 1.45. The first-order chi connectivity index (χ1) is 11.9. The number of carbonyl (C=O) groups is 1. The van der Waals surface area contributed by atoms with E-state index in [0.29, 0.717) is 28.0 Å². The fourth-order valence-corrected chi connectivity index (χ4v) is 2.29. The predicted molar refractivity (Wildman–Crippen MR) is 94.9 cm³/mol. The lowest BCUT2D eigenvalue weighted by Gasteiger charge is -2.18. The van der Waals surface area contributed by atoms with E-state index in [1.807, 2.05) is 0 Å². The molecule has 2 aromatic carbocycles. The first-order valence-corrected chi connectivity index (χ1v) is 7.75. The van der Waals surface area contributed by atoms with Gasteiger partial charge in [-0.3, -0.25) is 0 Å². The van der Waals surface area contributed by atoms with Gasteiger partial charge in [0.1, 0.15) is 23.0 Å². The number of carbonyl (C=O) groups excluding carboxylic acids is 1. The highest BCUT2D eigenvalue weighted by molar-refractivity contribution is 6.32. The number of phenolic OH excluding ortho intramolecular Hbond substituents is 1. The Labute approximate surface area is 150 Å². The average Bonchev–Trinajstić information content (AvgIpc) is 2.57. The van der Waals surface area contributed by atoms with Crippen LogP contribution in [0.25, 0.3) is 0 Å². The Kier molecular flexibility index (Phi) is 6.19. The monoisotopic (exact) mass is 366 g/mol. The van der Waals surface area contributed by atoms with Gasteiger partial charge in [0.05, 0.1) is 24.9 Å². The Balaban J connectivity index is 2.00. The van der Waals surface area contributed by atoms with Crippen LogP contribution in [0.2, 0.25) is 5.02 Å². The zero-order valence-corrected chi connectivity index (χ0v) is 14.8. The molecule has 2 rings (SSSR count). The second-order valence-corrected chi connectivity index (χ2v) is 5.45. The van der Waals surface area contributed by atoms with Crippen molar-refractivity contribution in [3.05, 3.63) is 41.4 Å². The standard InChI is InChI=1S/C17H19ClN2O5/c1-10(25-12-6-4-11(21)5-7-12)19-17(22)20-14-9-15(23-2)13(18)8-16(14)24-3/h4-10,21H,1-3H3,(H2,19,20,22). The van der Waals surface area contributed by atoms with Crippen LogP contribution in [0, 0.1) is 0 Å². The van der Waals surface area contributed by atoms with E-state index in [0.717, 1.165) is 0 Å². The van der Waals surface area contributed by atoms with Crippen molar-refractivity contribution in [2.45, 2.75) is 13.2 Å². The molecule has 25 heavy (non-hydrogen) atoms. The Bertz CT molecular complexity index is 737. The summed E-state index contributed by atoms with van der Waals surface area (Å²) in [6.07, 6.45) is -0.607. The lowest BCUT2D eigenvalue weighted by atomic mass is 10.2. The molecule has 1 unspecified atom stereocenters. The van der Waals surface area contributed by atoms with Crippen molar-refractivity contribution in [3.63, 3.8) is 0 Å². The van der Waals surface area contributed by atoms with Crippen LogP contribution in [0.15, 0.2) is 36.4 Å². The number of nitrogens with one attached hydrogen (secondary N) is 2. The Morgan fingerprint density at radius 1 is 1.12 bits per heavy atom. The smallest absolute Gasteiger partial charge is 0.322 e. The number of aromatic hydroxyl groups is 1. The van der Waals surface area contributed by atoms with Gasteiger partial charge in [-0.25, -0.2) is 4.79 Å². The van der Waals surface area contributed by atoms with Crippen molar-refractivity contribution < 1.29 is 24.1 Å². The highest BCUT2D eigenvalue weighted by atomic mass is 35.5. The summed E-state index contributed by atoms with van der Waals surface area (Å²) in [5, 5.41) is 14.9. The molecular formula is C17H19ClN2O5. The number of methoxy groups -OCH3 is 2. The normalized spacial score (nSPS) is 11.4. The second kappa shape index (κ2) is 8.34. The molecule has 2 aromatic rings. The van der Waals surface area contributed by atoms with E-state index in [2.05, 4.69) is 10.6 Å². The van der Waals surface area contributed by atoms with E-state index in [9.17, 15) is 9.90 Å². The van der Waals surface area contributed by atoms with E-state index in [4.69, 9.17) is 25.8 Å². The molecule has 0 aromatic heterocycles. The van der Waals surface area contributed by atoms with Gasteiger partial charge in [-0.2, -0.15) is 0 Å². The maximum Gasteiger partial charge on any atom is 0.322 e. The van der Waals surface area contributed by atoms with Crippen LogP contribution in [0.4, 0.5) is 10.5 Å². The van der Waals surface area contributed by atoms with Crippen LogP contribution in [0.5, 0.6) is 23.0 Å². The summed E-state index contributed by atoms with van der Waals surface area (Å²) in [7, 11) is 2.95. The van der Waals surface area contributed by atoms with Crippen molar-refractivity contribution >= 4 is 23.3 Å². The summed E-state index contributed by atoms with van der Waals surface area (Å²) < 4.78 is 15.9. The van der Waals surface area contributed by atoms with Gasteiger partial charge in [0, 0.05) is 12.1 Å². The van der Waals surface area contributed by atoms with Crippen LogP contribution in [-0.2, 0) is 0 Å². The van der Waals surface area contributed by atoms with Crippen LogP contribution < -0.4 is 24.8 Å². The molecule has 0 heterocycles. The van der Waals surface area contributed by atoms with Crippen molar-refractivity contribution in [1.29, 1.82) is 0 Å². The fourth-order valence-electron chi connectivity index (χ4n) is 2.06. The molecule has 1 atom stereocenters. The molecule has 3 N–H and O–H groups in total. The summed E-state index contributed by atoms with van der Waals surface area (Å²) in [4.78, 5) is 12.1. The first kappa shape index (κ1) is 18.5. The molecule has 0 saturated carbocycles. The summed E-state index contributed by atoms with van der Waals surface area (Å²) >= 11 is 6.03. The van der Waals surface area contributed by atoms with Gasteiger partial charge in [-0.1, -0.05) is 11.6 Å². The third-order valence-corrected chi connectivity index (χ3v) is 3.50. The summed E-state index contributed by atoms with van der Waals surface area (Å²) in [6.45, 7) is 1.67. The quantitative estimate of drug-likeness (QED) is 0.679. The van der Waals surface area contributed by atoms with Gasteiger partial charge in [-0.05, 0) is 31.2 Å². The van der Waals surface area contributed by atoms with E-state index >= 15 is 0 Å². The van der Waals surface area contributed by atoms with Gasteiger partial charge in [-0.15, -0.1) is 0 Å². The second-order valence-electron chi connectivity index (χ2n) is 5.04. The molecule has 7 nitrogen and oxygen atoms in total. The molecule has 134 valence electrons. The third kappa shape index (κ3) is 5.09. The lowest BCUT2D eigenvalue weighted by molar-refractivity contribution is 0.183. The van der Waals surface area contributed by atoms with Gasteiger partial charge in [0.25, 0.3) is 0 Å². The Morgan fingerprint density at radius 2 is 1.76 bits per heavy atom. The molecule has 8 heteroatoms. The van der Waals surface area contributed by atoms with E-state index in [-0.39, 0.29) is 5.75 Å². The minimum Gasteiger partial charge on any atom is -0.508 e. The number of phenols is 1. The SMILES string of the molecule is COc1cc(NC(=O)NC(C)Oc2ccc(O)cc2)c(OC)cc1Cl. The van der Waals surface area contributed by atoms with Crippen LogP contribution in [-0.4, -0.2) is 31.6 Å². The molecule has 2 amide bonds. The maximum absolute atomic E-state index is 12.1. The van der Waals surface area contributed by atoms with Crippen molar-refractivity contribution in [2.75, 3.05) is 19.5 Å². The molecule has 0 aliphatic rings. The molecule has 0 aliphatic carbocycles. The Morgan fingerprint density at radius 3 is 2.36 bits per heavy atom. The minimum atomic E-state index is -0.607. The summed E-state index contributed by atoms with van der Waals surface area (Å²) in [6, 6.07) is 8.80. The number of halogens is 1. The molecule has 0 spiro atoms. The van der Waals surface area contributed by atoms with E-state index in [1.54, 1.807) is 31.2 Å². The Hall–Kier alpha value is -2.80. The van der Waals surface area contributed by atoms with Gasteiger partial charge in [0.2, 0.25) is 0 Å². The molecule has 0 aliphatic heterocycles. The average molecular weight is 367 g/mol.